The molecule has 0 aromatic carbocycles. The van der Waals surface area contributed by atoms with Gasteiger partial charge < -0.3 is 4.74 Å². The Kier molecular flexibility index (Phi) is 2.82. The Hall–Kier alpha value is -1.89. The van der Waals surface area contributed by atoms with Crippen molar-refractivity contribution >= 4 is 5.78 Å². The minimum absolute atomic E-state index is 0.171. The molecule has 0 saturated carbocycles. The fourth-order valence-electron chi connectivity index (χ4n) is 1.14. The van der Waals surface area contributed by atoms with E-state index < -0.39 is 0 Å². The number of carbonyl (C=O) groups is 1. The number of nitrogens with zero attached hydrogens (tertiary/aromatic N) is 2. The minimum atomic E-state index is -0.233. The number of ether oxygens (including phenoxy) is 1. The second kappa shape index (κ2) is 3.88. The van der Waals surface area contributed by atoms with E-state index in [1.807, 2.05) is 6.07 Å². The van der Waals surface area contributed by atoms with Crippen molar-refractivity contribution in [1.29, 1.82) is 5.26 Å². The van der Waals surface area contributed by atoms with Gasteiger partial charge >= 0.3 is 0 Å². The summed E-state index contributed by atoms with van der Waals surface area (Å²) in [7, 11) is 1.47. The summed E-state index contributed by atoms with van der Waals surface area (Å²) in [5.41, 5.74) is 1.19. The molecule has 72 valence electrons. The Labute approximate surface area is 82.1 Å². The van der Waals surface area contributed by atoms with E-state index in [2.05, 4.69) is 4.98 Å². The van der Waals surface area contributed by atoms with Gasteiger partial charge in [0.15, 0.2) is 5.78 Å². The maximum atomic E-state index is 11.2. The smallest absolute Gasteiger partial charge is 0.213 e. The van der Waals surface area contributed by atoms with Crippen LogP contribution < -0.4 is 4.74 Å². The number of ketones is 1. The van der Waals surface area contributed by atoms with Gasteiger partial charge in [-0.3, -0.25) is 4.79 Å². The predicted molar refractivity (Wildman–Crippen MR) is 50.2 cm³/mol. The Bertz CT molecular complexity index is 419. The fourth-order valence-corrected chi connectivity index (χ4v) is 1.14. The number of hydrogen-bond acceptors (Lipinski definition) is 4. The molecule has 0 bridgehead atoms. The van der Waals surface area contributed by atoms with Crippen molar-refractivity contribution in [2.24, 2.45) is 0 Å². The highest BCUT2D eigenvalue weighted by Gasteiger charge is 2.13. The first-order valence-corrected chi connectivity index (χ1v) is 4.06. The van der Waals surface area contributed by atoms with Crippen molar-refractivity contribution in [3.63, 3.8) is 0 Å². The molecule has 0 amide bonds. The van der Waals surface area contributed by atoms with E-state index in [1.165, 1.54) is 14.0 Å². The molecule has 0 aliphatic heterocycles. The van der Waals surface area contributed by atoms with Crippen LogP contribution >= 0.6 is 0 Å². The van der Waals surface area contributed by atoms with E-state index in [0.29, 0.717) is 17.0 Å². The van der Waals surface area contributed by atoms with Crippen molar-refractivity contribution in [2.75, 3.05) is 7.11 Å². The van der Waals surface area contributed by atoms with Gasteiger partial charge in [0, 0.05) is 13.0 Å². The number of carbonyl (C=O) groups excluding carboxylic acids is 1. The number of pyridine rings is 1. The molecule has 0 aliphatic carbocycles. The molecule has 0 unspecified atom stereocenters. The minimum Gasteiger partial charge on any atom is -0.481 e. The normalized spacial score (nSPS) is 9.29. The van der Waals surface area contributed by atoms with Crippen molar-refractivity contribution < 1.29 is 9.53 Å². The van der Waals surface area contributed by atoms with Crippen LogP contribution in [0.1, 0.15) is 28.5 Å². The number of methoxy groups -OCH3 is 1. The quantitative estimate of drug-likeness (QED) is 0.662. The molecular formula is C10H10N2O2. The largest absolute Gasteiger partial charge is 0.481 e. The van der Waals surface area contributed by atoms with Gasteiger partial charge in [0.2, 0.25) is 5.88 Å². The van der Waals surface area contributed by atoms with Gasteiger partial charge in [-0.15, -0.1) is 0 Å². The zero-order valence-electron chi connectivity index (χ0n) is 8.29. The molecular weight excluding hydrogens is 180 g/mol. The van der Waals surface area contributed by atoms with Crippen molar-refractivity contribution in [1.82, 2.24) is 4.98 Å². The van der Waals surface area contributed by atoms with Crippen LogP contribution in [0.2, 0.25) is 0 Å². The van der Waals surface area contributed by atoms with Gasteiger partial charge in [-0.25, -0.2) is 4.98 Å². The topological polar surface area (TPSA) is 63.0 Å². The molecule has 1 heterocycles. The van der Waals surface area contributed by atoms with E-state index in [9.17, 15) is 4.79 Å². The number of aromatic nitrogens is 1. The monoisotopic (exact) mass is 190 g/mol. The summed E-state index contributed by atoms with van der Waals surface area (Å²) in [6.07, 6.45) is 0. The lowest BCUT2D eigenvalue weighted by molar-refractivity contribution is 0.101. The molecule has 0 spiro atoms. The van der Waals surface area contributed by atoms with Crippen LogP contribution in [0.5, 0.6) is 5.88 Å². The number of nitriles is 1. The van der Waals surface area contributed by atoms with Crippen LogP contribution in [0, 0.1) is 18.3 Å². The second-order valence-electron chi connectivity index (χ2n) is 2.87. The summed E-state index contributed by atoms with van der Waals surface area (Å²) >= 11 is 0. The van der Waals surface area contributed by atoms with Gasteiger partial charge in [0.1, 0.15) is 11.8 Å². The molecule has 4 heteroatoms. The lowest BCUT2D eigenvalue weighted by Gasteiger charge is -2.05. The summed E-state index contributed by atoms with van der Waals surface area (Å²) < 4.78 is 4.91. The Balaban J connectivity index is 3.45. The maximum absolute atomic E-state index is 11.2. The number of aryl methyl sites for hydroxylation is 1. The molecule has 0 radical (unpaired) electrons. The van der Waals surface area contributed by atoms with Crippen LogP contribution in [-0.2, 0) is 0 Å². The average molecular weight is 190 g/mol. The van der Waals surface area contributed by atoms with Crippen LogP contribution in [0.3, 0.4) is 0 Å². The summed E-state index contributed by atoms with van der Waals surface area (Å²) in [5.74, 6) is 0.121. The molecule has 0 N–H and O–H groups in total. The zero-order chi connectivity index (χ0) is 10.7. The third-order valence-corrected chi connectivity index (χ3v) is 1.85. The van der Waals surface area contributed by atoms with E-state index in [1.54, 1.807) is 13.0 Å². The van der Waals surface area contributed by atoms with Gasteiger partial charge in [-0.1, -0.05) is 0 Å². The Morgan fingerprint density at radius 2 is 2.29 bits per heavy atom. The summed E-state index contributed by atoms with van der Waals surface area (Å²) in [4.78, 5) is 15.1. The van der Waals surface area contributed by atoms with E-state index in [-0.39, 0.29) is 11.5 Å². The predicted octanol–water partition coefficient (Wildman–Crippen LogP) is 1.47. The second-order valence-corrected chi connectivity index (χ2v) is 2.87. The van der Waals surface area contributed by atoms with Gasteiger partial charge in [0.05, 0.1) is 12.7 Å². The van der Waals surface area contributed by atoms with Crippen molar-refractivity contribution in [3.05, 3.63) is 22.9 Å². The number of rotatable bonds is 2. The van der Waals surface area contributed by atoms with E-state index in [0.717, 1.165) is 0 Å². The maximum Gasteiger partial charge on any atom is 0.213 e. The summed E-state index contributed by atoms with van der Waals surface area (Å²) in [6.45, 7) is 3.12. The molecule has 0 saturated heterocycles. The van der Waals surface area contributed by atoms with Crippen molar-refractivity contribution in [3.8, 4) is 11.9 Å². The molecule has 14 heavy (non-hydrogen) atoms. The first kappa shape index (κ1) is 10.2. The highest BCUT2D eigenvalue weighted by molar-refractivity contribution is 5.95. The highest BCUT2D eigenvalue weighted by Crippen LogP contribution is 2.17. The highest BCUT2D eigenvalue weighted by atomic mass is 16.5. The van der Waals surface area contributed by atoms with E-state index in [4.69, 9.17) is 10.00 Å². The standard InChI is InChI=1S/C10H10N2O2/c1-6-4-9(14-3)12-10(7(2)13)8(6)5-11/h4H,1-3H3. The zero-order valence-corrected chi connectivity index (χ0v) is 8.29. The molecule has 0 fully saturated rings. The van der Waals surface area contributed by atoms with E-state index >= 15 is 0 Å². The van der Waals surface area contributed by atoms with Gasteiger partial charge in [-0.2, -0.15) is 5.26 Å². The molecule has 1 rings (SSSR count). The summed E-state index contributed by atoms with van der Waals surface area (Å²) in [6, 6.07) is 3.59. The average Bonchev–Trinajstić information content (AvgIpc) is 2.16. The van der Waals surface area contributed by atoms with Crippen LogP contribution in [0.25, 0.3) is 0 Å². The molecule has 1 aromatic heterocycles. The molecule has 0 atom stereocenters. The molecule has 4 nitrogen and oxygen atoms in total. The van der Waals surface area contributed by atoms with Crippen LogP contribution in [-0.4, -0.2) is 17.9 Å². The van der Waals surface area contributed by atoms with Gasteiger partial charge in [0.25, 0.3) is 0 Å². The Morgan fingerprint density at radius 1 is 1.64 bits per heavy atom. The molecule has 0 aliphatic rings. The Morgan fingerprint density at radius 3 is 2.71 bits per heavy atom. The molecule has 1 aromatic rings. The van der Waals surface area contributed by atoms with Crippen LogP contribution in [0.15, 0.2) is 6.07 Å². The first-order valence-electron chi connectivity index (χ1n) is 4.06. The fraction of sp³-hybridized carbons (Fsp3) is 0.300. The van der Waals surface area contributed by atoms with Crippen molar-refractivity contribution in [2.45, 2.75) is 13.8 Å². The SMILES string of the molecule is COc1cc(C)c(C#N)c(C(C)=O)n1. The number of Topliss-reactive ketones (excluding diaryl/α,β-unsaturated/α-hetero) is 1. The summed E-state index contributed by atoms with van der Waals surface area (Å²) in [5, 5.41) is 8.83. The number of hydrogen-bond donors (Lipinski definition) is 0. The third-order valence-electron chi connectivity index (χ3n) is 1.85. The van der Waals surface area contributed by atoms with Crippen LogP contribution in [0.4, 0.5) is 0 Å². The van der Waals surface area contributed by atoms with Gasteiger partial charge in [-0.05, 0) is 12.5 Å². The first-order chi connectivity index (χ1) is 6.60. The lowest BCUT2D eigenvalue weighted by Crippen LogP contribution is -2.04. The third kappa shape index (κ3) is 1.72. The lowest BCUT2D eigenvalue weighted by atomic mass is 10.1.